The highest BCUT2D eigenvalue weighted by molar-refractivity contribution is 5.92. The molecule has 0 spiro atoms. The summed E-state index contributed by atoms with van der Waals surface area (Å²) in [5.74, 6) is 5.60. The van der Waals surface area contributed by atoms with Gasteiger partial charge in [0.15, 0.2) is 0 Å². The van der Waals surface area contributed by atoms with Crippen molar-refractivity contribution in [3.05, 3.63) is 29.8 Å². The molecule has 20 heavy (non-hydrogen) atoms. The Kier molecular flexibility index (Phi) is 7.46. The van der Waals surface area contributed by atoms with Crippen molar-refractivity contribution >= 4 is 11.6 Å². The third-order valence-electron chi connectivity index (χ3n) is 3.09. The van der Waals surface area contributed by atoms with Gasteiger partial charge in [-0.2, -0.15) is 0 Å². The number of anilines is 1. The minimum absolute atomic E-state index is 0.0807. The molecule has 0 saturated heterocycles. The maximum atomic E-state index is 12.2. The van der Waals surface area contributed by atoms with E-state index >= 15 is 0 Å². The molecule has 0 bridgehead atoms. The Morgan fingerprint density at radius 2 is 2.00 bits per heavy atom. The second-order valence-electron chi connectivity index (χ2n) is 4.80. The third kappa shape index (κ3) is 5.46. The average molecular weight is 273 g/mol. The second kappa shape index (κ2) is 9.17. The van der Waals surface area contributed by atoms with Crippen LogP contribution in [0, 0.1) is 17.8 Å². The lowest BCUT2D eigenvalue weighted by Crippen LogP contribution is -2.22. The van der Waals surface area contributed by atoms with Crippen LogP contribution in [0.4, 0.5) is 5.69 Å². The molecule has 0 unspecified atom stereocenters. The molecule has 0 aliphatic heterocycles. The van der Waals surface area contributed by atoms with Crippen molar-refractivity contribution in [1.82, 2.24) is 0 Å². The molecule has 3 heteroatoms. The van der Waals surface area contributed by atoms with Gasteiger partial charge in [0.2, 0.25) is 5.91 Å². The average Bonchev–Trinajstić information content (AvgIpc) is 2.45. The van der Waals surface area contributed by atoms with E-state index in [9.17, 15) is 4.79 Å². The number of hydrogen-bond donors (Lipinski definition) is 2. The molecular weight excluding hydrogens is 250 g/mol. The molecule has 3 nitrogen and oxygen atoms in total. The highest BCUT2D eigenvalue weighted by Crippen LogP contribution is 2.17. The largest absolute Gasteiger partial charge is 0.384 e. The fraction of sp³-hybridized carbons (Fsp3) is 0.471. The third-order valence-corrected chi connectivity index (χ3v) is 3.09. The van der Waals surface area contributed by atoms with Crippen LogP contribution in [0.3, 0.4) is 0 Å². The Balaban J connectivity index is 2.73. The van der Waals surface area contributed by atoms with E-state index in [4.69, 9.17) is 5.11 Å². The number of carbonyl (C=O) groups excluding carboxylic acids is 1. The second-order valence-corrected chi connectivity index (χ2v) is 4.80. The number of amides is 1. The number of carbonyl (C=O) groups is 1. The normalized spacial score (nSPS) is 10.0. The van der Waals surface area contributed by atoms with Gasteiger partial charge in [0.1, 0.15) is 6.61 Å². The lowest BCUT2D eigenvalue weighted by atomic mass is 9.97. The molecule has 0 aliphatic rings. The summed E-state index contributed by atoms with van der Waals surface area (Å²) in [6.07, 6.45) is 3.87. The van der Waals surface area contributed by atoms with E-state index in [-0.39, 0.29) is 18.4 Å². The van der Waals surface area contributed by atoms with E-state index < -0.39 is 0 Å². The van der Waals surface area contributed by atoms with E-state index in [2.05, 4.69) is 31.0 Å². The van der Waals surface area contributed by atoms with Crippen molar-refractivity contribution < 1.29 is 9.90 Å². The predicted octanol–water partition coefficient (Wildman–Crippen LogP) is 3.19. The van der Waals surface area contributed by atoms with E-state index in [0.29, 0.717) is 0 Å². The maximum Gasteiger partial charge on any atom is 0.227 e. The molecule has 2 N–H and O–H groups in total. The summed E-state index contributed by atoms with van der Waals surface area (Å²) in [6.45, 7) is 4.04. The van der Waals surface area contributed by atoms with E-state index in [1.54, 1.807) is 0 Å². The number of aliphatic hydroxyl groups excluding tert-OH is 1. The van der Waals surface area contributed by atoms with E-state index in [1.165, 1.54) is 0 Å². The van der Waals surface area contributed by atoms with Crippen molar-refractivity contribution in [3.8, 4) is 11.8 Å². The molecule has 0 aromatic heterocycles. The van der Waals surface area contributed by atoms with Gasteiger partial charge < -0.3 is 10.4 Å². The highest BCUT2D eigenvalue weighted by Gasteiger charge is 2.16. The summed E-state index contributed by atoms with van der Waals surface area (Å²) < 4.78 is 0. The number of nitrogens with one attached hydrogen (secondary N) is 1. The van der Waals surface area contributed by atoms with Gasteiger partial charge in [0.05, 0.1) is 0 Å². The SMILES string of the molecule is CCCC(CCC)C(=O)Nc1cccc(C#CCO)c1. The summed E-state index contributed by atoms with van der Waals surface area (Å²) in [7, 11) is 0. The first-order valence-corrected chi connectivity index (χ1v) is 7.21. The fourth-order valence-corrected chi connectivity index (χ4v) is 2.16. The summed E-state index contributed by atoms with van der Waals surface area (Å²) >= 11 is 0. The first-order valence-electron chi connectivity index (χ1n) is 7.21. The quantitative estimate of drug-likeness (QED) is 0.782. The molecular formula is C17H23NO2. The Morgan fingerprint density at radius 3 is 2.60 bits per heavy atom. The number of hydrogen-bond acceptors (Lipinski definition) is 2. The van der Waals surface area contributed by atoms with Crippen molar-refractivity contribution in [1.29, 1.82) is 0 Å². The van der Waals surface area contributed by atoms with Gasteiger partial charge in [-0.1, -0.05) is 44.6 Å². The molecule has 1 rings (SSSR count). The van der Waals surface area contributed by atoms with Crippen LogP contribution < -0.4 is 5.32 Å². The monoisotopic (exact) mass is 273 g/mol. The Hall–Kier alpha value is -1.79. The summed E-state index contributed by atoms with van der Waals surface area (Å²) in [4.78, 5) is 12.2. The van der Waals surface area contributed by atoms with E-state index in [0.717, 1.165) is 36.9 Å². The van der Waals surface area contributed by atoms with Crippen molar-refractivity contribution in [2.75, 3.05) is 11.9 Å². The van der Waals surface area contributed by atoms with Crippen molar-refractivity contribution in [2.45, 2.75) is 39.5 Å². The van der Waals surface area contributed by atoms with Crippen LogP contribution in [0.15, 0.2) is 24.3 Å². The first kappa shape index (κ1) is 16.3. The minimum Gasteiger partial charge on any atom is -0.384 e. The molecule has 108 valence electrons. The van der Waals surface area contributed by atoms with Crippen LogP contribution in [0.2, 0.25) is 0 Å². The first-order chi connectivity index (χ1) is 9.71. The van der Waals surface area contributed by atoms with Gasteiger partial charge in [-0.25, -0.2) is 0 Å². The molecule has 0 radical (unpaired) electrons. The van der Waals surface area contributed by atoms with Crippen LogP contribution in [0.1, 0.15) is 45.1 Å². The molecule has 1 aromatic rings. The zero-order valence-electron chi connectivity index (χ0n) is 12.3. The number of aliphatic hydroxyl groups is 1. The van der Waals surface area contributed by atoms with Gasteiger partial charge in [-0.15, -0.1) is 0 Å². The van der Waals surface area contributed by atoms with Crippen LogP contribution in [0.25, 0.3) is 0 Å². The smallest absolute Gasteiger partial charge is 0.227 e. The molecule has 0 atom stereocenters. The minimum atomic E-state index is -0.161. The highest BCUT2D eigenvalue weighted by atomic mass is 16.2. The standard InChI is InChI=1S/C17H23NO2/c1-3-7-15(8-4-2)17(20)18-16-11-5-9-14(13-16)10-6-12-19/h5,9,11,13,15,19H,3-4,7-8,12H2,1-2H3,(H,18,20). The predicted molar refractivity (Wildman–Crippen MR) is 82.3 cm³/mol. The lowest BCUT2D eigenvalue weighted by Gasteiger charge is -2.15. The summed E-state index contributed by atoms with van der Waals surface area (Å²) in [6, 6.07) is 7.39. The van der Waals surface area contributed by atoms with Gasteiger partial charge in [0, 0.05) is 17.2 Å². The van der Waals surface area contributed by atoms with Gasteiger partial charge in [-0.05, 0) is 31.0 Å². The number of benzene rings is 1. The summed E-state index contributed by atoms with van der Waals surface area (Å²) in [5.41, 5.74) is 1.55. The topological polar surface area (TPSA) is 49.3 Å². The van der Waals surface area contributed by atoms with Crippen LogP contribution in [0.5, 0.6) is 0 Å². The Morgan fingerprint density at radius 1 is 1.30 bits per heavy atom. The van der Waals surface area contributed by atoms with Gasteiger partial charge in [-0.3, -0.25) is 4.79 Å². The van der Waals surface area contributed by atoms with Crippen LogP contribution in [-0.2, 0) is 4.79 Å². The van der Waals surface area contributed by atoms with Crippen molar-refractivity contribution in [2.24, 2.45) is 5.92 Å². The summed E-state index contributed by atoms with van der Waals surface area (Å²) in [5, 5.41) is 11.6. The van der Waals surface area contributed by atoms with E-state index in [1.807, 2.05) is 24.3 Å². The maximum absolute atomic E-state index is 12.2. The van der Waals surface area contributed by atoms with Crippen molar-refractivity contribution in [3.63, 3.8) is 0 Å². The molecule has 1 amide bonds. The van der Waals surface area contributed by atoms with Gasteiger partial charge >= 0.3 is 0 Å². The Labute approximate surface area is 121 Å². The van der Waals surface area contributed by atoms with Crippen LogP contribution in [-0.4, -0.2) is 17.6 Å². The zero-order chi connectivity index (χ0) is 14.8. The zero-order valence-corrected chi connectivity index (χ0v) is 12.3. The Bertz CT molecular complexity index is 479. The molecule has 0 heterocycles. The van der Waals surface area contributed by atoms with Gasteiger partial charge in [0.25, 0.3) is 0 Å². The molecule has 0 saturated carbocycles. The number of rotatable bonds is 6. The molecule has 0 aliphatic carbocycles. The molecule has 0 fully saturated rings. The lowest BCUT2D eigenvalue weighted by molar-refractivity contribution is -0.120. The van der Waals surface area contributed by atoms with Crippen LogP contribution >= 0.6 is 0 Å². The molecule has 1 aromatic carbocycles. The fourth-order valence-electron chi connectivity index (χ4n) is 2.16.